The van der Waals surface area contributed by atoms with Crippen LogP contribution in [0.5, 0.6) is 0 Å². The number of fused-ring (bicyclic) bond motifs is 1. The number of hydrogen-bond acceptors (Lipinski definition) is 7. The number of aromatic nitrogens is 1. The lowest BCUT2D eigenvalue weighted by molar-refractivity contribution is -0.144. The Morgan fingerprint density at radius 2 is 1.71 bits per heavy atom. The van der Waals surface area contributed by atoms with E-state index in [9.17, 15) is 19.2 Å². The molecule has 3 atom stereocenters. The number of carbonyl (C=O) groups excluding carboxylic acids is 4. The lowest BCUT2D eigenvalue weighted by Gasteiger charge is -2.34. The maximum Gasteiger partial charge on any atom is 0.246 e. The number of unbranched alkanes of at least 4 members (excludes halogenated alkanes) is 2. The molecule has 1 aromatic heterocycles. The molecule has 3 N–H and O–H groups in total. The molecule has 41 heavy (non-hydrogen) atoms. The molecule has 2 aromatic rings. The highest BCUT2D eigenvalue weighted by atomic mass is 33.1. The van der Waals surface area contributed by atoms with Crippen LogP contribution in [0.2, 0.25) is 0 Å². The second kappa shape index (κ2) is 14.7. The summed E-state index contributed by atoms with van der Waals surface area (Å²) in [6.07, 6.45) is 6.34. The van der Waals surface area contributed by atoms with E-state index in [1.807, 2.05) is 48.5 Å². The van der Waals surface area contributed by atoms with Gasteiger partial charge in [-0.3, -0.25) is 19.2 Å². The predicted molar refractivity (Wildman–Crippen MR) is 162 cm³/mol. The van der Waals surface area contributed by atoms with E-state index in [2.05, 4.69) is 20.9 Å². The summed E-state index contributed by atoms with van der Waals surface area (Å²) in [7, 11) is 3.39. The van der Waals surface area contributed by atoms with Crippen LogP contribution in [0, 0.1) is 0 Å². The summed E-state index contributed by atoms with van der Waals surface area (Å²) in [5, 5.41) is 9.61. The molecule has 4 rings (SSSR count). The molecule has 1 aromatic carbocycles. The van der Waals surface area contributed by atoms with E-state index in [0.29, 0.717) is 32.2 Å². The third-order valence-corrected chi connectivity index (χ3v) is 9.71. The fourth-order valence-corrected chi connectivity index (χ4v) is 7.09. The lowest BCUT2D eigenvalue weighted by Crippen LogP contribution is -2.64. The van der Waals surface area contributed by atoms with E-state index >= 15 is 0 Å². The molecule has 2 aliphatic rings. The molecule has 9 nitrogen and oxygen atoms in total. The van der Waals surface area contributed by atoms with E-state index < -0.39 is 35.5 Å². The average molecular weight is 598 g/mol. The number of carbonyl (C=O) groups is 4. The van der Waals surface area contributed by atoms with Crippen molar-refractivity contribution in [3.05, 3.63) is 60.3 Å². The molecule has 0 aliphatic carbocycles. The Bertz CT molecular complexity index is 1200. The molecule has 4 amide bonds. The van der Waals surface area contributed by atoms with Gasteiger partial charge in [0.2, 0.25) is 23.6 Å². The van der Waals surface area contributed by atoms with Gasteiger partial charge in [0.25, 0.3) is 0 Å². The van der Waals surface area contributed by atoms with Gasteiger partial charge in [0, 0.05) is 24.9 Å². The maximum absolute atomic E-state index is 13.7. The van der Waals surface area contributed by atoms with Gasteiger partial charge in [-0.15, -0.1) is 0 Å². The molecule has 2 fully saturated rings. The van der Waals surface area contributed by atoms with Gasteiger partial charge in [0.05, 0.1) is 0 Å². The number of benzene rings is 1. The molecule has 2 aliphatic heterocycles. The standard InChI is InChI=1S/C30H39N5O4S2/c1-30(2)29(39)33-23(20-21-12-5-3-6-13-21)28(38)35-18-11-15-24(35)27(37)32-22(26(36)34-30)14-7-4-10-19-40-41-25-16-8-9-17-31-25/h3,5-6,8-9,12-13,16-17,22-24H,4,7,10-11,14-15,18-20H2,1-2H3,(H,32,37)(H,33,39)(H,34,36). The third kappa shape index (κ3) is 8.72. The van der Waals surface area contributed by atoms with Crippen LogP contribution < -0.4 is 16.0 Å². The molecule has 220 valence electrons. The highest BCUT2D eigenvalue weighted by Crippen LogP contribution is 2.30. The molecule has 0 spiro atoms. The first-order valence-corrected chi connectivity index (χ1v) is 16.5. The minimum Gasteiger partial charge on any atom is -0.343 e. The monoisotopic (exact) mass is 597 g/mol. The lowest BCUT2D eigenvalue weighted by atomic mass is 9.98. The Morgan fingerprint density at radius 1 is 0.927 bits per heavy atom. The van der Waals surface area contributed by atoms with Gasteiger partial charge in [0.1, 0.15) is 28.7 Å². The van der Waals surface area contributed by atoms with E-state index in [1.165, 1.54) is 0 Å². The van der Waals surface area contributed by atoms with Crippen molar-refractivity contribution >= 4 is 45.2 Å². The first-order valence-electron chi connectivity index (χ1n) is 14.2. The van der Waals surface area contributed by atoms with Crippen molar-refractivity contribution in [1.29, 1.82) is 0 Å². The zero-order chi connectivity index (χ0) is 29.2. The van der Waals surface area contributed by atoms with Gasteiger partial charge in [-0.2, -0.15) is 0 Å². The summed E-state index contributed by atoms with van der Waals surface area (Å²) < 4.78 is 0. The third-order valence-electron chi connectivity index (χ3n) is 7.36. The normalized spacial score (nSPS) is 23.1. The van der Waals surface area contributed by atoms with Gasteiger partial charge >= 0.3 is 0 Å². The van der Waals surface area contributed by atoms with Crippen LogP contribution in [0.1, 0.15) is 57.9 Å². The minimum absolute atomic E-state index is 0.278. The first kappa shape index (κ1) is 30.9. The molecular weight excluding hydrogens is 558 g/mol. The van der Waals surface area contributed by atoms with Crippen LogP contribution in [0.15, 0.2) is 59.8 Å². The van der Waals surface area contributed by atoms with Crippen LogP contribution in [-0.4, -0.2) is 69.5 Å². The van der Waals surface area contributed by atoms with Crippen LogP contribution in [0.25, 0.3) is 0 Å². The van der Waals surface area contributed by atoms with Crippen LogP contribution in [-0.2, 0) is 25.6 Å². The number of nitrogens with zero attached hydrogens (tertiary/aromatic N) is 2. The fourth-order valence-electron chi connectivity index (χ4n) is 5.07. The van der Waals surface area contributed by atoms with E-state index in [-0.39, 0.29) is 11.8 Å². The van der Waals surface area contributed by atoms with Crippen molar-refractivity contribution in [3.63, 3.8) is 0 Å². The van der Waals surface area contributed by atoms with Gasteiger partial charge < -0.3 is 20.9 Å². The summed E-state index contributed by atoms with van der Waals surface area (Å²) in [5.41, 5.74) is -0.382. The molecule has 0 saturated carbocycles. The molecular formula is C30H39N5O4S2. The first-order chi connectivity index (χ1) is 19.7. The Morgan fingerprint density at radius 3 is 2.46 bits per heavy atom. The van der Waals surface area contributed by atoms with Crippen molar-refractivity contribution in [2.45, 2.75) is 87.5 Å². The second-order valence-corrected chi connectivity index (χ2v) is 13.4. The SMILES string of the molecule is CC1(C)NC(=O)C(CCCCCSSc2ccccn2)NC(=O)C2CCCN2C(=O)C(Cc2ccccc2)NC1=O. The number of nitrogens with one attached hydrogen (secondary N) is 3. The maximum atomic E-state index is 13.7. The Kier molecular flexibility index (Phi) is 11.1. The summed E-state index contributed by atoms with van der Waals surface area (Å²) >= 11 is 0. The Balaban J connectivity index is 1.40. The van der Waals surface area contributed by atoms with Crippen LogP contribution in [0.3, 0.4) is 0 Å². The van der Waals surface area contributed by atoms with Gasteiger partial charge in [-0.1, -0.05) is 60.0 Å². The van der Waals surface area contributed by atoms with Gasteiger partial charge in [-0.25, -0.2) is 4.98 Å². The average Bonchev–Trinajstić information content (AvgIpc) is 3.46. The van der Waals surface area contributed by atoms with Crippen molar-refractivity contribution in [1.82, 2.24) is 25.8 Å². The van der Waals surface area contributed by atoms with Crippen molar-refractivity contribution in [2.24, 2.45) is 0 Å². The molecule has 11 heteroatoms. The highest BCUT2D eigenvalue weighted by Gasteiger charge is 2.42. The fraction of sp³-hybridized carbons (Fsp3) is 0.500. The zero-order valence-corrected chi connectivity index (χ0v) is 25.3. The number of amides is 4. The largest absolute Gasteiger partial charge is 0.343 e. The second-order valence-electron chi connectivity index (χ2n) is 11.0. The molecule has 3 unspecified atom stereocenters. The highest BCUT2D eigenvalue weighted by molar-refractivity contribution is 8.76. The topological polar surface area (TPSA) is 120 Å². The van der Waals surface area contributed by atoms with Crippen LogP contribution in [0.4, 0.5) is 0 Å². The molecule has 3 heterocycles. The Labute approximate surface area is 249 Å². The number of rotatable bonds is 10. The summed E-state index contributed by atoms with van der Waals surface area (Å²) in [6, 6.07) is 13.0. The van der Waals surface area contributed by atoms with Crippen molar-refractivity contribution in [2.75, 3.05) is 12.3 Å². The summed E-state index contributed by atoms with van der Waals surface area (Å²) in [4.78, 5) is 59.8. The smallest absolute Gasteiger partial charge is 0.246 e. The number of pyridine rings is 1. The predicted octanol–water partition coefficient (Wildman–Crippen LogP) is 3.49. The van der Waals surface area contributed by atoms with Gasteiger partial charge in [0.15, 0.2) is 0 Å². The quantitative estimate of drug-likeness (QED) is 0.283. The molecule has 0 radical (unpaired) electrons. The van der Waals surface area contributed by atoms with Crippen molar-refractivity contribution < 1.29 is 19.2 Å². The van der Waals surface area contributed by atoms with Gasteiger partial charge in [-0.05, 0) is 68.0 Å². The molecule has 0 bridgehead atoms. The minimum atomic E-state index is -1.28. The summed E-state index contributed by atoms with van der Waals surface area (Å²) in [6.45, 7) is 3.67. The molecule has 2 saturated heterocycles. The number of hydrogen-bond donors (Lipinski definition) is 3. The van der Waals surface area contributed by atoms with E-state index in [4.69, 9.17) is 0 Å². The van der Waals surface area contributed by atoms with E-state index in [0.717, 1.165) is 35.6 Å². The van der Waals surface area contributed by atoms with Crippen molar-refractivity contribution in [3.8, 4) is 0 Å². The summed E-state index contributed by atoms with van der Waals surface area (Å²) in [5.74, 6) is -0.485. The van der Waals surface area contributed by atoms with E-state index in [1.54, 1.807) is 46.5 Å². The zero-order valence-electron chi connectivity index (χ0n) is 23.6. The van der Waals surface area contributed by atoms with Crippen LogP contribution >= 0.6 is 21.6 Å². The Hall–Kier alpha value is -3.05.